The van der Waals surface area contributed by atoms with Crippen LogP contribution >= 0.6 is 0 Å². The van der Waals surface area contributed by atoms with Gasteiger partial charge in [0, 0.05) is 49.2 Å². The second-order valence-corrected chi connectivity index (χ2v) is 6.71. The number of halogens is 2. The first-order chi connectivity index (χ1) is 13.4. The summed E-state index contributed by atoms with van der Waals surface area (Å²) in [5.41, 5.74) is 1.98. The Kier molecular flexibility index (Phi) is 5.92. The Morgan fingerprint density at radius 2 is 1.79 bits per heavy atom. The first kappa shape index (κ1) is 19.8. The van der Waals surface area contributed by atoms with E-state index in [4.69, 9.17) is 0 Å². The molecule has 3 rings (SSSR count). The number of benzene rings is 2. The lowest BCUT2D eigenvalue weighted by Gasteiger charge is -2.22. The van der Waals surface area contributed by atoms with Crippen molar-refractivity contribution in [2.24, 2.45) is 5.92 Å². The molecule has 2 aromatic carbocycles. The zero-order chi connectivity index (χ0) is 20.3. The molecule has 1 aliphatic rings. The molecule has 0 spiro atoms. The fourth-order valence-electron chi connectivity index (χ4n) is 3.38. The van der Waals surface area contributed by atoms with Gasteiger partial charge in [-0.05, 0) is 50.2 Å². The molecule has 1 fully saturated rings. The van der Waals surface area contributed by atoms with Crippen LogP contribution in [0.5, 0.6) is 0 Å². The van der Waals surface area contributed by atoms with E-state index in [1.165, 1.54) is 6.07 Å². The number of nitrogens with one attached hydrogen (secondary N) is 1. The Morgan fingerprint density at radius 1 is 1.11 bits per heavy atom. The van der Waals surface area contributed by atoms with E-state index < -0.39 is 17.6 Å². The number of hydrogen-bond acceptors (Lipinski definition) is 3. The maximum Gasteiger partial charge on any atom is 0.229 e. The van der Waals surface area contributed by atoms with Gasteiger partial charge in [0.05, 0.1) is 5.92 Å². The van der Waals surface area contributed by atoms with Gasteiger partial charge < -0.3 is 15.1 Å². The van der Waals surface area contributed by atoms with Crippen molar-refractivity contribution in [1.29, 1.82) is 0 Å². The minimum absolute atomic E-state index is 0.0767. The van der Waals surface area contributed by atoms with E-state index >= 15 is 0 Å². The molecule has 0 aromatic heterocycles. The Labute approximate surface area is 162 Å². The Balaban J connectivity index is 1.67. The first-order valence-corrected chi connectivity index (χ1v) is 9.34. The lowest BCUT2D eigenvalue weighted by atomic mass is 10.1. The zero-order valence-corrected chi connectivity index (χ0v) is 15.9. The van der Waals surface area contributed by atoms with E-state index in [0.717, 1.165) is 36.6 Å². The van der Waals surface area contributed by atoms with Gasteiger partial charge in [-0.15, -0.1) is 0 Å². The van der Waals surface area contributed by atoms with Crippen LogP contribution in [0.4, 0.5) is 25.8 Å². The molecule has 1 atom stereocenters. The standard InChI is InChI=1S/C21H23F2N3O2/c1-3-25(4-2)16-6-8-17(9-7-16)26-13-14(11-20(26)27)21(28)24-15-5-10-18(22)19(23)12-15/h5-10,12,14H,3-4,11,13H2,1-2H3,(H,24,28). The molecule has 1 N–H and O–H groups in total. The van der Waals surface area contributed by atoms with Crippen molar-refractivity contribution in [2.45, 2.75) is 20.3 Å². The van der Waals surface area contributed by atoms with Crippen LogP contribution in [-0.2, 0) is 9.59 Å². The topological polar surface area (TPSA) is 52.6 Å². The first-order valence-electron chi connectivity index (χ1n) is 9.34. The number of carbonyl (C=O) groups is 2. The Bertz CT molecular complexity index is 866. The van der Waals surface area contributed by atoms with Crippen LogP contribution in [0.25, 0.3) is 0 Å². The van der Waals surface area contributed by atoms with E-state index in [9.17, 15) is 18.4 Å². The third kappa shape index (κ3) is 4.13. The van der Waals surface area contributed by atoms with Gasteiger partial charge >= 0.3 is 0 Å². The van der Waals surface area contributed by atoms with Crippen molar-refractivity contribution >= 4 is 28.9 Å². The molecule has 5 nitrogen and oxygen atoms in total. The molecule has 2 aromatic rings. The quantitative estimate of drug-likeness (QED) is 0.820. The smallest absolute Gasteiger partial charge is 0.229 e. The SMILES string of the molecule is CCN(CC)c1ccc(N2CC(C(=O)Nc3ccc(F)c(F)c3)CC2=O)cc1. The van der Waals surface area contributed by atoms with Crippen molar-refractivity contribution < 1.29 is 18.4 Å². The summed E-state index contributed by atoms with van der Waals surface area (Å²) in [6, 6.07) is 10.8. The largest absolute Gasteiger partial charge is 0.372 e. The average Bonchev–Trinajstić information content (AvgIpc) is 3.08. The summed E-state index contributed by atoms with van der Waals surface area (Å²) in [4.78, 5) is 28.6. The number of nitrogens with zero attached hydrogens (tertiary/aromatic N) is 2. The van der Waals surface area contributed by atoms with Gasteiger partial charge in [0.1, 0.15) is 0 Å². The highest BCUT2D eigenvalue weighted by molar-refractivity contribution is 6.03. The van der Waals surface area contributed by atoms with E-state index in [1.54, 1.807) is 4.90 Å². The van der Waals surface area contributed by atoms with Crippen molar-refractivity contribution in [2.75, 3.05) is 34.8 Å². The highest BCUT2D eigenvalue weighted by atomic mass is 19.2. The molecule has 28 heavy (non-hydrogen) atoms. The van der Waals surface area contributed by atoms with Gasteiger partial charge in [-0.1, -0.05) is 0 Å². The lowest BCUT2D eigenvalue weighted by molar-refractivity contribution is -0.122. The number of hydrogen-bond donors (Lipinski definition) is 1. The third-order valence-electron chi connectivity index (χ3n) is 4.97. The molecule has 2 amide bonds. The van der Waals surface area contributed by atoms with Crippen LogP contribution in [-0.4, -0.2) is 31.4 Å². The summed E-state index contributed by atoms with van der Waals surface area (Å²) in [6.45, 7) is 6.20. The minimum atomic E-state index is -1.03. The molecule has 0 bridgehead atoms. The van der Waals surface area contributed by atoms with Crippen molar-refractivity contribution in [3.63, 3.8) is 0 Å². The van der Waals surface area contributed by atoms with Gasteiger partial charge in [0.2, 0.25) is 11.8 Å². The summed E-state index contributed by atoms with van der Waals surface area (Å²) in [5, 5.41) is 2.55. The molecule has 1 unspecified atom stereocenters. The fourth-order valence-corrected chi connectivity index (χ4v) is 3.38. The summed E-state index contributed by atoms with van der Waals surface area (Å²) < 4.78 is 26.3. The van der Waals surface area contributed by atoms with Crippen LogP contribution in [0.2, 0.25) is 0 Å². The maximum atomic E-state index is 13.3. The van der Waals surface area contributed by atoms with Gasteiger partial charge in [0.15, 0.2) is 11.6 Å². The van der Waals surface area contributed by atoms with Gasteiger partial charge in [-0.2, -0.15) is 0 Å². The molecule has 1 aliphatic heterocycles. The van der Waals surface area contributed by atoms with Crippen molar-refractivity contribution in [3.8, 4) is 0 Å². The van der Waals surface area contributed by atoms with Gasteiger partial charge in [-0.25, -0.2) is 8.78 Å². The van der Waals surface area contributed by atoms with Crippen LogP contribution in [0, 0.1) is 17.6 Å². The Hall–Kier alpha value is -2.96. The van der Waals surface area contributed by atoms with E-state index in [2.05, 4.69) is 24.1 Å². The van der Waals surface area contributed by atoms with Crippen LogP contribution in [0.15, 0.2) is 42.5 Å². The molecule has 1 saturated heterocycles. The molecule has 0 aliphatic carbocycles. The zero-order valence-electron chi connectivity index (χ0n) is 15.9. The summed E-state index contributed by atoms with van der Waals surface area (Å²) in [6.07, 6.45) is 0.0767. The number of amides is 2. The second-order valence-electron chi connectivity index (χ2n) is 6.71. The lowest BCUT2D eigenvalue weighted by Crippen LogP contribution is -2.28. The Morgan fingerprint density at radius 3 is 2.39 bits per heavy atom. The van der Waals surface area contributed by atoms with Crippen LogP contribution < -0.4 is 15.1 Å². The van der Waals surface area contributed by atoms with Gasteiger partial charge in [-0.3, -0.25) is 9.59 Å². The van der Waals surface area contributed by atoms with E-state index in [1.807, 2.05) is 24.3 Å². The van der Waals surface area contributed by atoms with E-state index in [-0.39, 0.29) is 30.5 Å². The predicted molar refractivity (Wildman–Crippen MR) is 105 cm³/mol. The summed E-state index contributed by atoms with van der Waals surface area (Å²) >= 11 is 0. The second kappa shape index (κ2) is 8.37. The molecular weight excluding hydrogens is 364 g/mol. The molecule has 7 heteroatoms. The maximum absolute atomic E-state index is 13.3. The molecular formula is C21H23F2N3O2. The minimum Gasteiger partial charge on any atom is -0.372 e. The highest BCUT2D eigenvalue weighted by Gasteiger charge is 2.35. The third-order valence-corrected chi connectivity index (χ3v) is 4.97. The van der Waals surface area contributed by atoms with Gasteiger partial charge in [0.25, 0.3) is 0 Å². The summed E-state index contributed by atoms with van der Waals surface area (Å²) in [5.74, 6) is -3.09. The normalized spacial score (nSPS) is 16.4. The summed E-state index contributed by atoms with van der Waals surface area (Å²) in [7, 11) is 0. The molecule has 1 heterocycles. The van der Waals surface area contributed by atoms with Crippen LogP contribution in [0.3, 0.4) is 0 Å². The number of anilines is 3. The predicted octanol–water partition coefficient (Wildman–Crippen LogP) is 3.80. The highest BCUT2D eigenvalue weighted by Crippen LogP contribution is 2.28. The molecule has 0 radical (unpaired) electrons. The number of rotatable bonds is 6. The van der Waals surface area contributed by atoms with Crippen molar-refractivity contribution in [1.82, 2.24) is 0 Å². The van der Waals surface area contributed by atoms with Crippen molar-refractivity contribution in [3.05, 3.63) is 54.1 Å². The number of carbonyl (C=O) groups excluding carboxylic acids is 2. The molecule has 148 valence electrons. The van der Waals surface area contributed by atoms with E-state index in [0.29, 0.717) is 0 Å². The molecule has 0 saturated carbocycles. The average molecular weight is 387 g/mol. The van der Waals surface area contributed by atoms with Crippen LogP contribution in [0.1, 0.15) is 20.3 Å². The monoisotopic (exact) mass is 387 g/mol. The fraction of sp³-hybridized carbons (Fsp3) is 0.333.